The Bertz CT molecular complexity index is 476. The van der Waals surface area contributed by atoms with E-state index in [-0.39, 0.29) is 5.82 Å². The highest BCUT2D eigenvalue weighted by atomic mass is 19.1. The number of halogens is 1. The van der Waals surface area contributed by atoms with Crippen molar-refractivity contribution in [3.8, 4) is 0 Å². The number of hydrogen-bond acceptors (Lipinski definition) is 2. The Balaban J connectivity index is 2.15. The zero-order chi connectivity index (χ0) is 11.5. The Kier molecular flexibility index (Phi) is 3.25. The van der Waals surface area contributed by atoms with E-state index in [2.05, 4.69) is 19.2 Å². The predicted molar refractivity (Wildman–Crippen MR) is 63.0 cm³/mol. The second kappa shape index (κ2) is 4.66. The Morgan fingerprint density at radius 1 is 1.38 bits per heavy atom. The molecule has 2 rings (SSSR count). The van der Waals surface area contributed by atoms with E-state index in [1.165, 1.54) is 12.1 Å². The van der Waals surface area contributed by atoms with Crippen LogP contribution in [0.5, 0.6) is 0 Å². The van der Waals surface area contributed by atoms with Crippen LogP contribution in [-0.2, 0) is 6.42 Å². The van der Waals surface area contributed by atoms with Crippen LogP contribution in [0.2, 0.25) is 0 Å². The molecule has 86 valence electrons. The van der Waals surface area contributed by atoms with Crippen molar-refractivity contribution in [2.24, 2.45) is 0 Å². The van der Waals surface area contributed by atoms with Crippen LogP contribution in [0.4, 0.5) is 4.39 Å². The summed E-state index contributed by atoms with van der Waals surface area (Å²) in [5.74, 6) is -0.216. The van der Waals surface area contributed by atoms with E-state index >= 15 is 0 Å². The summed E-state index contributed by atoms with van der Waals surface area (Å²) in [6, 6.07) is 5.09. The van der Waals surface area contributed by atoms with Gasteiger partial charge in [0.15, 0.2) is 0 Å². The van der Waals surface area contributed by atoms with Crippen molar-refractivity contribution < 1.29 is 8.81 Å². The minimum atomic E-state index is -0.216. The molecule has 0 fully saturated rings. The van der Waals surface area contributed by atoms with Crippen molar-refractivity contribution in [2.45, 2.75) is 26.3 Å². The van der Waals surface area contributed by atoms with Gasteiger partial charge in [-0.05, 0) is 36.7 Å². The van der Waals surface area contributed by atoms with Crippen molar-refractivity contribution in [1.29, 1.82) is 0 Å². The normalized spacial score (nSPS) is 11.5. The lowest BCUT2D eigenvalue weighted by Gasteiger charge is -2.06. The highest BCUT2D eigenvalue weighted by molar-refractivity contribution is 5.81. The summed E-state index contributed by atoms with van der Waals surface area (Å²) in [6.45, 7) is 5.09. The van der Waals surface area contributed by atoms with Crippen LogP contribution in [0.1, 0.15) is 19.4 Å². The molecule has 0 saturated carbocycles. The predicted octanol–water partition coefficient (Wildman–Crippen LogP) is 3.11. The van der Waals surface area contributed by atoms with Crippen LogP contribution in [0.15, 0.2) is 28.9 Å². The summed E-state index contributed by atoms with van der Waals surface area (Å²) >= 11 is 0. The molecule has 0 unspecified atom stereocenters. The molecule has 0 saturated heterocycles. The highest BCUT2D eigenvalue weighted by Crippen LogP contribution is 2.22. The third-order valence-electron chi connectivity index (χ3n) is 2.56. The number of furan rings is 1. The lowest BCUT2D eigenvalue weighted by Crippen LogP contribution is -2.24. The van der Waals surface area contributed by atoms with Crippen LogP contribution in [-0.4, -0.2) is 12.6 Å². The first-order valence-corrected chi connectivity index (χ1v) is 5.56. The Morgan fingerprint density at radius 3 is 2.94 bits per heavy atom. The van der Waals surface area contributed by atoms with Crippen LogP contribution in [0.25, 0.3) is 11.0 Å². The maximum absolute atomic E-state index is 13.1. The fourth-order valence-electron chi connectivity index (χ4n) is 1.74. The molecule has 2 aromatic rings. The van der Waals surface area contributed by atoms with Gasteiger partial charge in [0.05, 0.1) is 6.26 Å². The molecular formula is C13H16FNO. The molecule has 16 heavy (non-hydrogen) atoms. The minimum Gasteiger partial charge on any atom is -0.464 e. The summed E-state index contributed by atoms with van der Waals surface area (Å²) in [7, 11) is 0. The van der Waals surface area contributed by atoms with Gasteiger partial charge in [-0.25, -0.2) is 4.39 Å². The molecule has 0 radical (unpaired) electrons. The van der Waals surface area contributed by atoms with Crippen LogP contribution in [0, 0.1) is 5.82 Å². The molecule has 3 heteroatoms. The van der Waals surface area contributed by atoms with Crippen LogP contribution < -0.4 is 5.32 Å². The lowest BCUT2D eigenvalue weighted by molar-refractivity contribution is 0.580. The van der Waals surface area contributed by atoms with E-state index in [1.807, 2.05) is 0 Å². The van der Waals surface area contributed by atoms with E-state index in [0.29, 0.717) is 6.04 Å². The highest BCUT2D eigenvalue weighted by Gasteiger charge is 2.06. The summed E-state index contributed by atoms with van der Waals surface area (Å²) in [6.07, 6.45) is 2.57. The Morgan fingerprint density at radius 2 is 2.19 bits per heavy atom. The van der Waals surface area contributed by atoms with Gasteiger partial charge in [-0.3, -0.25) is 0 Å². The molecule has 1 aromatic heterocycles. The molecule has 0 bridgehead atoms. The number of fused-ring (bicyclic) bond motifs is 1. The van der Waals surface area contributed by atoms with E-state index in [1.54, 1.807) is 12.3 Å². The van der Waals surface area contributed by atoms with Crippen LogP contribution >= 0.6 is 0 Å². The van der Waals surface area contributed by atoms with Gasteiger partial charge >= 0.3 is 0 Å². The standard InChI is InChI=1S/C13H16FNO/c1-9(2)15-6-5-10-8-16-13-4-3-11(14)7-12(10)13/h3-4,7-9,15H,5-6H2,1-2H3. The molecule has 0 aliphatic rings. The third-order valence-corrected chi connectivity index (χ3v) is 2.56. The molecule has 0 aliphatic heterocycles. The van der Waals surface area contributed by atoms with Crippen molar-refractivity contribution in [1.82, 2.24) is 5.32 Å². The first-order chi connectivity index (χ1) is 7.66. The molecule has 0 aliphatic carbocycles. The van der Waals surface area contributed by atoms with Gasteiger partial charge in [-0.2, -0.15) is 0 Å². The number of rotatable bonds is 4. The van der Waals surface area contributed by atoms with Gasteiger partial charge in [0.25, 0.3) is 0 Å². The number of hydrogen-bond donors (Lipinski definition) is 1. The summed E-state index contributed by atoms with van der Waals surface area (Å²) < 4.78 is 18.5. The van der Waals surface area contributed by atoms with Gasteiger partial charge in [0.2, 0.25) is 0 Å². The van der Waals surface area contributed by atoms with Crippen molar-refractivity contribution in [3.63, 3.8) is 0 Å². The average Bonchev–Trinajstić information content (AvgIpc) is 2.60. The molecule has 1 aromatic carbocycles. The lowest BCUT2D eigenvalue weighted by atomic mass is 10.1. The molecule has 2 nitrogen and oxygen atoms in total. The monoisotopic (exact) mass is 221 g/mol. The quantitative estimate of drug-likeness (QED) is 0.858. The zero-order valence-electron chi connectivity index (χ0n) is 9.59. The zero-order valence-corrected chi connectivity index (χ0v) is 9.59. The number of benzene rings is 1. The smallest absolute Gasteiger partial charge is 0.134 e. The molecular weight excluding hydrogens is 205 g/mol. The fraction of sp³-hybridized carbons (Fsp3) is 0.385. The second-order valence-electron chi connectivity index (χ2n) is 4.26. The molecule has 0 spiro atoms. The average molecular weight is 221 g/mol. The molecule has 0 amide bonds. The maximum Gasteiger partial charge on any atom is 0.134 e. The Labute approximate surface area is 94.4 Å². The maximum atomic E-state index is 13.1. The van der Waals surface area contributed by atoms with E-state index in [4.69, 9.17) is 4.42 Å². The topological polar surface area (TPSA) is 25.2 Å². The molecule has 1 N–H and O–H groups in total. The number of nitrogens with one attached hydrogen (secondary N) is 1. The summed E-state index contributed by atoms with van der Waals surface area (Å²) in [5, 5.41) is 4.21. The van der Waals surface area contributed by atoms with Crippen molar-refractivity contribution in [2.75, 3.05) is 6.54 Å². The second-order valence-corrected chi connectivity index (χ2v) is 4.26. The van der Waals surface area contributed by atoms with Gasteiger partial charge in [-0.1, -0.05) is 13.8 Å². The summed E-state index contributed by atoms with van der Waals surface area (Å²) in [5.41, 5.74) is 1.81. The van der Waals surface area contributed by atoms with E-state index in [9.17, 15) is 4.39 Å². The van der Waals surface area contributed by atoms with Crippen molar-refractivity contribution >= 4 is 11.0 Å². The molecule has 0 atom stereocenters. The summed E-state index contributed by atoms with van der Waals surface area (Å²) in [4.78, 5) is 0. The minimum absolute atomic E-state index is 0.216. The van der Waals surface area contributed by atoms with Gasteiger partial charge in [0.1, 0.15) is 11.4 Å². The first kappa shape index (κ1) is 11.1. The van der Waals surface area contributed by atoms with Gasteiger partial charge in [-0.15, -0.1) is 0 Å². The first-order valence-electron chi connectivity index (χ1n) is 5.56. The third kappa shape index (κ3) is 2.42. The fourth-order valence-corrected chi connectivity index (χ4v) is 1.74. The van der Waals surface area contributed by atoms with Gasteiger partial charge < -0.3 is 9.73 Å². The van der Waals surface area contributed by atoms with E-state index < -0.39 is 0 Å². The Hall–Kier alpha value is -1.35. The van der Waals surface area contributed by atoms with Gasteiger partial charge in [0, 0.05) is 11.4 Å². The largest absolute Gasteiger partial charge is 0.464 e. The van der Waals surface area contributed by atoms with E-state index in [0.717, 1.165) is 29.5 Å². The SMILES string of the molecule is CC(C)NCCc1coc2ccc(F)cc12. The van der Waals surface area contributed by atoms with Crippen molar-refractivity contribution in [3.05, 3.63) is 35.8 Å². The molecule has 1 heterocycles. The van der Waals surface area contributed by atoms with Crippen LogP contribution in [0.3, 0.4) is 0 Å².